The fourth-order valence-electron chi connectivity index (χ4n) is 2.17. The van der Waals surface area contributed by atoms with Gasteiger partial charge in [-0.05, 0) is 43.2 Å². The number of aryl methyl sites for hydroxylation is 1. The molecule has 3 rings (SSSR count). The first-order chi connectivity index (χ1) is 9.99. The molecule has 3 aromatic rings. The van der Waals surface area contributed by atoms with E-state index >= 15 is 0 Å². The second-order valence-corrected chi connectivity index (χ2v) is 6.06. The van der Waals surface area contributed by atoms with Crippen molar-refractivity contribution in [3.8, 4) is 0 Å². The number of hydrogen-bond donors (Lipinski definition) is 2. The Kier molecular flexibility index (Phi) is 3.38. The molecule has 0 amide bonds. The topological polar surface area (TPSA) is 75.3 Å². The van der Waals surface area contributed by atoms with E-state index in [-0.39, 0.29) is 0 Å². The average molecular weight is 303 g/mol. The van der Waals surface area contributed by atoms with Crippen LogP contribution < -0.4 is 5.32 Å². The van der Waals surface area contributed by atoms with Gasteiger partial charge >= 0.3 is 0 Å². The van der Waals surface area contributed by atoms with Crippen molar-refractivity contribution in [2.75, 3.05) is 11.9 Å². The van der Waals surface area contributed by atoms with E-state index < -0.39 is 5.60 Å². The molecule has 0 bridgehead atoms. The molecule has 7 heteroatoms. The van der Waals surface area contributed by atoms with Gasteiger partial charge < -0.3 is 10.4 Å². The van der Waals surface area contributed by atoms with E-state index in [0.29, 0.717) is 12.3 Å². The summed E-state index contributed by atoms with van der Waals surface area (Å²) in [6, 6.07) is 1.93. The van der Waals surface area contributed by atoms with Crippen molar-refractivity contribution in [1.82, 2.24) is 19.6 Å². The third-order valence-corrected chi connectivity index (χ3v) is 4.33. The van der Waals surface area contributed by atoms with Gasteiger partial charge in [0.15, 0.2) is 0 Å². The number of rotatable bonds is 4. The summed E-state index contributed by atoms with van der Waals surface area (Å²) in [4.78, 5) is 8.49. The van der Waals surface area contributed by atoms with Crippen molar-refractivity contribution in [1.29, 1.82) is 0 Å². The molecular weight excluding hydrogens is 286 g/mol. The molecule has 0 aliphatic rings. The smallest absolute Gasteiger partial charge is 0.254 e. The Hall–Kier alpha value is -1.99. The van der Waals surface area contributed by atoms with Crippen molar-refractivity contribution in [2.24, 2.45) is 0 Å². The Labute approximate surface area is 126 Å². The van der Waals surface area contributed by atoms with E-state index in [1.807, 2.05) is 30.7 Å². The monoisotopic (exact) mass is 303 g/mol. The average Bonchev–Trinajstić information content (AvgIpc) is 3.09. The highest BCUT2D eigenvalue weighted by Gasteiger charge is 2.24. The van der Waals surface area contributed by atoms with Gasteiger partial charge in [-0.1, -0.05) is 0 Å². The standard InChI is InChI=1S/C14H17N5OS/c1-9-10(2)18-13-16-8-17-19(13)12(9)15-7-14(3,20)11-4-5-21-6-11/h4-6,8,15,20H,7H2,1-3H3. The van der Waals surface area contributed by atoms with Crippen LogP contribution in [0.2, 0.25) is 0 Å². The van der Waals surface area contributed by atoms with Crippen molar-refractivity contribution >= 4 is 22.9 Å². The summed E-state index contributed by atoms with van der Waals surface area (Å²) in [5.41, 5.74) is 1.84. The van der Waals surface area contributed by atoms with E-state index in [1.165, 1.54) is 6.33 Å². The van der Waals surface area contributed by atoms with Crippen molar-refractivity contribution in [3.63, 3.8) is 0 Å². The lowest BCUT2D eigenvalue weighted by Gasteiger charge is -2.24. The Morgan fingerprint density at radius 3 is 2.95 bits per heavy atom. The van der Waals surface area contributed by atoms with E-state index in [9.17, 15) is 5.11 Å². The van der Waals surface area contributed by atoms with Gasteiger partial charge in [-0.25, -0.2) is 4.98 Å². The summed E-state index contributed by atoms with van der Waals surface area (Å²) in [6.07, 6.45) is 1.48. The number of anilines is 1. The quantitative estimate of drug-likeness (QED) is 0.772. The molecule has 0 spiro atoms. The Morgan fingerprint density at radius 2 is 2.24 bits per heavy atom. The third kappa shape index (κ3) is 2.50. The first-order valence-corrected chi connectivity index (χ1v) is 7.59. The number of aromatic nitrogens is 4. The number of nitrogens with zero attached hydrogens (tertiary/aromatic N) is 4. The molecule has 3 aromatic heterocycles. The maximum Gasteiger partial charge on any atom is 0.254 e. The van der Waals surface area contributed by atoms with E-state index in [2.05, 4.69) is 20.4 Å². The van der Waals surface area contributed by atoms with Gasteiger partial charge in [-0.3, -0.25) is 0 Å². The van der Waals surface area contributed by atoms with Crippen LogP contribution in [0.1, 0.15) is 23.7 Å². The molecule has 0 aliphatic heterocycles. The third-order valence-electron chi connectivity index (χ3n) is 3.65. The molecule has 0 fully saturated rings. The molecule has 6 nitrogen and oxygen atoms in total. The zero-order valence-electron chi connectivity index (χ0n) is 12.2. The van der Waals surface area contributed by atoms with Crippen molar-refractivity contribution < 1.29 is 5.11 Å². The number of hydrogen-bond acceptors (Lipinski definition) is 6. The van der Waals surface area contributed by atoms with Crippen LogP contribution in [0.15, 0.2) is 23.2 Å². The lowest BCUT2D eigenvalue weighted by molar-refractivity contribution is 0.0718. The lowest BCUT2D eigenvalue weighted by Crippen LogP contribution is -2.31. The zero-order valence-corrected chi connectivity index (χ0v) is 13.0. The van der Waals surface area contributed by atoms with Gasteiger partial charge in [-0.2, -0.15) is 25.9 Å². The van der Waals surface area contributed by atoms with Crippen LogP contribution in [0.4, 0.5) is 5.82 Å². The van der Waals surface area contributed by atoms with Gasteiger partial charge in [0.25, 0.3) is 5.78 Å². The minimum Gasteiger partial charge on any atom is -0.384 e. The summed E-state index contributed by atoms with van der Waals surface area (Å²) < 4.78 is 1.66. The molecule has 0 aromatic carbocycles. The largest absolute Gasteiger partial charge is 0.384 e. The summed E-state index contributed by atoms with van der Waals surface area (Å²) in [5.74, 6) is 1.36. The number of aliphatic hydroxyl groups is 1. The highest BCUT2D eigenvalue weighted by atomic mass is 32.1. The Morgan fingerprint density at radius 1 is 1.43 bits per heavy atom. The maximum atomic E-state index is 10.6. The van der Waals surface area contributed by atoms with Crippen molar-refractivity contribution in [2.45, 2.75) is 26.4 Å². The lowest BCUT2D eigenvalue weighted by atomic mass is 9.99. The summed E-state index contributed by atoms with van der Waals surface area (Å²) in [6.45, 7) is 6.09. The number of thiophene rings is 1. The van der Waals surface area contributed by atoms with Gasteiger partial charge in [0.2, 0.25) is 0 Å². The van der Waals surface area contributed by atoms with Crippen LogP contribution in [0.3, 0.4) is 0 Å². The van der Waals surface area contributed by atoms with Gasteiger partial charge in [0.1, 0.15) is 17.7 Å². The predicted octanol–water partition coefficient (Wildman–Crippen LogP) is 2.12. The van der Waals surface area contributed by atoms with Crippen LogP contribution in [0.25, 0.3) is 5.78 Å². The highest BCUT2D eigenvalue weighted by Crippen LogP contribution is 2.25. The molecule has 2 N–H and O–H groups in total. The zero-order chi connectivity index (χ0) is 15.0. The molecule has 0 saturated heterocycles. The van der Waals surface area contributed by atoms with Crippen LogP contribution in [0.5, 0.6) is 0 Å². The second kappa shape index (κ2) is 5.09. The Bertz CT molecular complexity index is 763. The first-order valence-electron chi connectivity index (χ1n) is 6.65. The minimum absolute atomic E-state index is 0.378. The van der Waals surface area contributed by atoms with Crippen LogP contribution >= 0.6 is 11.3 Å². The molecule has 0 saturated carbocycles. The van der Waals surface area contributed by atoms with E-state index in [1.54, 1.807) is 22.8 Å². The number of fused-ring (bicyclic) bond motifs is 1. The van der Waals surface area contributed by atoms with Crippen LogP contribution in [-0.2, 0) is 5.60 Å². The molecule has 110 valence electrons. The molecule has 0 radical (unpaired) electrons. The van der Waals surface area contributed by atoms with Gasteiger partial charge in [0, 0.05) is 17.8 Å². The molecule has 0 aliphatic carbocycles. The summed E-state index contributed by atoms with van der Waals surface area (Å²) >= 11 is 1.57. The first kappa shape index (κ1) is 14.0. The second-order valence-electron chi connectivity index (χ2n) is 5.28. The molecule has 3 heterocycles. The van der Waals surface area contributed by atoms with Crippen LogP contribution in [-0.4, -0.2) is 31.2 Å². The molecule has 1 unspecified atom stereocenters. The SMILES string of the molecule is Cc1nc2ncnn2c(NCC(C)(O)c2ccsc2)c1C. The fourth-order valence-corrected chi connectivity index (χ4v) is 2.95. The molecule has 21 heavy (non-hydrogen) atoms. The highest BCUT2D eigenvalue weighted by molar-refractivity contribution is 7.08. The molecular formula is C14H17N5OS. The maximum absolute atomic E-state index is 10.6. The van der Waals surface area contributed by atoms with E-state index in [0.717, 1.165) is 22.6 Å². The van der Waals surface area contributed by atoms with E-state index in [4.69, 9.17) is 0 Å². The Balaban J connectivity index is 1.92. The van der Waals surface area contributed by atoms with Gasteiger partial charge in [-0.15, -0.1) is 0 Å². The summed E-state index contributed by atoms with van der Waals surface area (Å²) in [5, 5.41) is 22.0. The van der Waals surface area contributed by atoms with Crippen LogP contribution in [0, 0.1) is 13.8 Å². The predicted molar refractivity (Wildman–Crippen MR) is 82.6 cm³/mol. The van der Waals surface area contributed by atoms with Gasteiger partial charge in [0.05, 0.1) is 0 Å². The normalized spacial score (nSPS) is 14.3. The number of nitrogens with one attached hydrogen (secondary N) is 1. The summed E-state index contributed by atoms with van der Waals surface area (Å²) in [7, 11) is 0. The minimum atomic E-state index is -0.948. The fraction of sp³-hybridized carbons (Fsp3) is 0.357. The van der Waals surface area contributed by atoms with Crippen molar-refractivity contribution in [3.05, 3.63) is 40.0 Å². The molecule has 1 atom stereocenters.